The van der Waals surface area contributed by atoms with Crippen molar-refractivity contribution in [2.75, 3.05) is 7.11 Å². The number of methoxy groups -OCH3 is 1. The molecule has 1 amide bonds. The number of hydrogen-bond donors (Lipinski definition) is 1. The van der Waals surface area contributed by atoms with Crippen LogP contribution in [0.4, 0.5) is 0 Å². The van der Waals surface area contributed by atoms with Crippen LogP contribution in [-0.4, -0.2) is 28.4 Å². The molecule has 1 aromatic heterocycles. The maximum Gasteiger partial charge on any atom is 0.328 e. The smallest absolute Gasteiger partial charge is 0.328 e. The zero-order valence-corrected chi connectivity index (χ0v) is 16.3. The summed E-state index contributed by atoms with van der Waals surface area (Å²) in [5.41, 5.74) is 5.25. The van der Waals surface area contributed by atoms with Crippen molar-refractivity contribution in [3.8, 4) is 5.75 Å². The van der Waals surface area contributed by atoms with Gasteiger partial charge in [-0.1, -0.05) is 30.3 Å². The highest BCUT2D eigenvalue weighted by atomic mass is 16.5. The topological polar surface area (TPSA) is 77.6 Å². The summed E-state index contributed by atoms with van der Waals surface area (Å²) in [6.07, 6.45) is 1.54. The number of fused-ring (bicyclic) bond motifs is 2. The van der Waals surface area contributed by atoms with E-state index in [0.717, 1.165) is 27.4 Å². The number of rotatable bonds is 4. The molecule has 4 rings (SSSR count). The summed E-state index contributed by atoms with van der Waals surface area (Å²) in [7, 11) is 4.98. The standard InChI is InChI=1S/C22H20N4O3/c1-25-18-9-8-14(10-19(18)26(2)22(25)28)13-23-24-21(27)17-11-15-6-4-5-7-16(15)12-20(17)29-3/h4-13H,1-3H3,(H,24,27). The highest BCUT2D eigenvalue weighted by Gasteiger charge is 2.13. The Morgan fingerprint density at radius 1 is 1.00 bits per heavy atom. The summed E-state index contributed by atoms with van der Waals surface area (Å²) >= 11 is 0. The summed E-state index contributed by atoms with van der Waals surface area (Å²) in [5.74, 6) is 0.120. The van der Waals surface area contributed by atoms with Crippen molar-refractivity contribution in [2.45, 2.75) is 0 Å². The van der Waals surface area contributed by atoms with Gasteiger partial charge >= 0.3 is 5.69 Å². The Morgan fingerprint density at radius 3 is 2.41 bits per heavy atom. The monoisotopic (exact) mass is 388 g/mol. The molecule has 3 aromatic carbocycles. The van der Waals surface area contributed by atoms with Crippen LogP contribution in [0.1, 0.15) is 15.9 Å². The van der Waals surface area contributed by atoms with Gasteiger partial charge in [0, 0.05) is 14.1 Å². The molecule has 0 unspecified atom stereocenters. The van der Waals surface area contributed by atoms with E-state index in [1.54, 1.807) is 35.5 Å². The second kappa shape index (κ2) is 7.27. The number of aryl methyl sites for hydroxylation is 2. The van der Waals surface area contributed by atoms with E-state index >= 15 is 0 Å². The Hall–Kier alpha value is -3.87. The number of imidazole rings is 1. The van der Waals surface area contributed by atoms with Crippen LogP contribution in [0.15, 0.2) is 64.5 Å². The van der Waals surface area contributed by atoms with Crippen molar-refractivity contribution in [3.05, 3.63) is 76.2 Å². The Labute approximate surface area is 166 Å². The molecule has 0 radical (unpaired) electrons. The lowest BCUT2D eigenvalue weighted by atomic mass is 10.1. The van der Waals surface area contributed by atoms with Crippen LogP contribution in [-0.2, 0) is 14.1 Å². The summed E-state index contributed by atoms with van der Waals surface area (Å²) in [6.45, 7) is 0. The fourth-order valence-corrected chi connectivity index (χ4v) is 3.40. The van der Waals surface area contributed by atoms with Gasteiger partial charge in [-0.2, -0.15) is 5.10 Å². The molecule has 1 N–H and O–H groups in total. The third-order valence-corrected chi connectivity index (χ3v) is 4.99. The maximum absolute atomic E-state index is 12.6. The molecule has 1 heterocycles. The fraction of sp³-hybridized carbons (Fsp3) is 0.136. The number of carbonyl (C=O) groups is 1. The molecule has 0 aliphatic carbocycles. The number of ether oxygens (including phenoxy) is 1. The number of benzene rings is 3. The van der Waals surface area contributed by atoms with E-state index in [2.05, 4.69) is 10.5 Å². The van der Waals surface area contributed by atoms with Gasteiger partial charge < -0.3 is 4.74 Å². The molecular formula is C22H20N4O3. The van der Waals surface area contributed by atoms with Gasteiger partial charge in [-0.05, 0) is 40.6 Å². The van der Waals surface area contributed by atoms with E-state index in [-0.39, 0.29) is 11.6 Å². The van der Waals surface area contributed by atoms with E-state index in [9.17, 15) is 9.59 Å². The molecule has 4 aromatic rings. The summed E-state index contributed by atoms with van der Waals surface area (Å²) in [4.78, 5) is 24.7. The molecular weight excluding hydrogens is 368 g/mol. The summed E-state index contributed by atoms with van der Waals surface area (Å²) in [6, 6.07) is 16.9. The first kappa shape index (κ1) is 18.5. The van der Waals surface area contributed by atoms with Gasteiger partial charge in [0.1, 0.15) is 5.75 Å². The Kier molecular flexibility index (Phi) is 4.64. The number of nitrogens with one attached hydrogen (secondary N) is 1. The van der Waals surface area contributed by atoms with Crippen molar-refractivity contribution < 1.29 is 9.53 Å². The van der Waals surface area contributed by atoms with Crippen LogP contribution in [0.2, 0.25) is 0 Å². The van der Waals surface area contributed by atoms with Crippen molar-refractivity contribution >= 4 is 33.9 Å². The largest absolute Gasteiger partial charge is 0.496 e. The molecule has 0 fully saturated rings. The molecule has 0 atom stereocenters. The third kappa shape index (κ3) is 3.27. The quantitative estimate of drug-likeness (QED) is 0.431. The first-order chi connectivity index (χ1) is 14.0. The molecule has 0 bridgehead atoms. The number of carbonyl (C=O) groups excluding carboxylic acids is 1. The number of aromatic nitrogens is 2. The van der Waals surface area contributed by atoms with Crippen LogP contribution < -0.4 is 15.9 Å². The zero-order valence-electron chi connectivity index (χ0n) is 16.3. The predicted molar refractivity (Wildman–Crippen MR) is 114 cm³/mol. The number of hydrazone groups is 1. The highest BCUT2D eigenvalue weighted by Crippen LogP contribution is 2.25. The van der Waals surface area contributed by atoms with Crippen molar-refractivity contribution in [1.82, 2.24) is 14.6 Å². The van der Waals surface area contributed by atoms with Gasteiger partial charge in [-0.3, -0.25) is 13.9 Å². The van der Waals surface area contributed by atoms with Crippen LogP contribution in [0.5, 0.6) is 5.75 Å². The lowest BCUT2D eigenvalue weighted by Gasteiger charge is -2.09. The molecule has 7 heteroatoms. The number of nitrogens with zero attached hydrogens (tertiary/aromatic N) is 3. The van der Waals surface area contributed by atoms with Crippen LogP contribution >= 0.6 is 0 Å². The molecule has 146 valence electrons. The van der Waals surface area contributed by atoms with Gasteiger partial charge in [-0.25, -0.2) is 10.2 Å². The average Bonchev–Trinajstić information content (AvgIpc) is 2.96. The lowest BCUT2D eigenvalue weighted by Crippen LogP contribution is -2.19. The Morgan fingerprint density at radius 2 is 1.69 bits per heavy atom. The zero-order chi connectivity index (χ0) is 20.5. The van der Waals surface area contributed by atoms with E-state index in [1.807, 2.05) is 48.5 Å². The Bertz CT molecular complexity index is 1330. The first-order valence-corrected chi connectivity index (χ1v) is 9.05. The summed E-state index contributed by atoms with van der Waals surface area (Å²) < 4.78 is 8.53. The first-order valence-electron chi connectivity index (χ1n) is 9.05. The molecule has 7 nitrogen and oxygen atoms in total. The number of hydrogen-bond acceptors (Lipinski definition) is 4. The van der Waals surface area contributed by atoms with Crippen molar-refractivity contribution in [3.63, 3.8) is 0 Å². The lowest BCUT2D eigenvalue weighted by molar-refractivity contribution is 0.0952. The third-order valence-electron chi connectivity index (χ3n) is 4.99. The molecule has 0 saturated carbocycles. The maximum atomic E-state index is 12.6. The van der Waals surface area contributed by atoms with Crippen molar-refractivity contribution in [2.24, 2.45) is 19.2 Å². The highest BCUT2D eigenvalue weighted by molar-refractivity contribution is 6.02. The van der Waals surface area contributed by atoms with E-state index in [0.29, 0.717) is 11.3 Å². The number of amides is 1. The second-order valence-corrected chi connectivity index (χ2v) is 6.75. The summed E-state index contributed by atoms with van der Waals surface area (Å²) in [5, 5.41) is 6.00. The molecule has 0 aliphatic heterocycles. The minimum Gasteiger partial charge on any atom is -0.496 e. The second-order valence-electron chi connectivity index (χ2n) is 6.75. The minimum absolute atomic E-state index is 0.0919. The SMILES string of the molecule is COc1cc2ccccc2cc1C(=O)NN=Cc1ccc2c(c1)n(C)c(=O)n2C. The van der Waals surface area contributed by atoms with Gasteiger partial charge in [0.2, 0.25) is 0 Å². The Balaban J connectivity index is 1.59. The van der Waals surface area contributed by atoms with Crippen LogP contribution in [0.3, 0.4) is 0 Å². The fourth-order valence-electron chi connectivity index (χ4n) is 3.40. The molecule has 29 heavy (non-hydrogen) atoms. The van der Waals surface area contributed by atoms with Gasteiger partial charge in [0.05, 0.1) is 29.9 Å². The van der Waals surface area contributed by atoms with Crippen LogP contribution in [0.25, 0.3) is 21.8 Å². The molecule has 0 spiro atoms. The van der Waals surface area contributed by atoms with Crippen LogP contribution in [0, 0.1) is 0 Å². The van der Waals surface area contributed by atoms with Crippen molar-refractivity contribution in [1.29, 1.82) is 0 Å². The van der Waals surface area contributed by atoms with Gasteiger partial charge in [0.15, 0.2) is 0 Å². The minimum atomic E-state index is -0.364. The average molecular weight is 388 g/mol. The van der Waals surface area contributed by atoms with E-state index < -0.39 is 0 Å². The molecule has 0 aliphatic rings. The predicted octanol–water partition coefficient (Wildman–Crippen LogP) is 2.80. The normalized spacial score (nSPS) is 11.4. The van der Waals surface area contributed by atoms with Gasteiger partial charge in [-0.15, -0.1) is 0 Å². The van der Waals surface area contributed by atoms with E-state index in [1.165, 1.54) is 7.11 Å². The van der Waals surface area contributed by atoms with Gasteiger partial charge in [0.25, 0.3) is 5.91 Å². The van der Waals surface area contributed by atoms with E-state index in [4.69, 9.17) is 4.74 Å². The molecule has 0 saturated heterocycles.